The molecule has 0 unspecified atom stereocenters. The molecule has 1 amide bonds. The first kappa shape index (κ1) is 15.8. The molecule has 2 rings (SSSR count). The molecule has 2 aromatic carbocycles. The molecule has 4 heteroatoms. The van der Waals surface area contributed by atoms with Gasteiger partial charge < -0.3 is 5.11 Å². The number of aromatic hydroxyl groups is 1. The van der Waals surface area contributed by atoms with Crippen molar-refractivity contribution in [1.29, 1.82) is 0 Å². The van der Waals surface area contributed by atoms with Crippen LogP contribution in [0.15, 0.2) is 47.6 Å². The van der Waals surface area contributed by atoms with Crippen LogP contribution >= 0.6 is 0 Å². The number of aryl methyl sites for hydroxylation is 2. The lowest BCUT2D eigenvalue weighted by molar-refractivity contribution is 0.0954. The third-order valence-electron chi connectivity index (χ3n) is 3.61. The summed E-state index contributed by atoms with van der Waals surface area (Å²) in [5.41, 5.74) is 6.60. The maximum absolute atomic E-state index is 12.2. The summed E-state index contributed by atoms with van der Waals surface area (Å²) in [6.07, 6.45) is 0.602. The lowest BCUT2D eigenvalue weighted by Gasteiger charge is -2.08. The monoisotopic (exact) mass is 296 g/mol. The van der Waals surface area contributed by atoms with Gasteiger partial charge in [0.25, 0.3) is 5.91 Å². The normalized spacial score (nSPS) is 11.3. The van der Waals surface area contributed by atoms with E-state index >= 15 is 0 Å². The van der Waals surface area contributed by atoms with E-state index in [0.29, 0.717) is 23.3 Å². The Morgan fingerprint density at radius 2 is 1.86 bits per heavy atom. The first-order valence-corrected chi connectivity index (χ1v) is 7.25. The number of hydrazone groups is 1. The molecule has 114 valence electrons. The summed E-state index contributed by atoms with van der Waals surface area (Å²) in [4.78, 5) is 12.2. The zero-order valence-electron chi connectivity index (χ0n) is 13.1. The third kappa shape index (κ3) is 3.52. The average Bonchev–Trinajstić information content (AvgIpc) is 2.52. The molecule has 0 aromatic heterocycles. The standard InChI is InChI=1S/C18H20N2O2/c1-4-16(15-7-5-6-8-17(15)21)19-20-18(22)14-10-9-12(2)13(3)11-14/h5-11,21H,4H2,1-3H3,(H,20,22). The fraction of sp³-hybridized carbons (Fsp3) is 0.222. The van der Waals surface area contributed by atoms with Gasteiger partial charge in [-0.3, -0.25) is 4.79 Å². The molecule has 0 saturated carbocycles. The predicted octanol–water partition coefficient (Wildman–Crippen LogP) is 3.55. The summed E-state index contributed by atoms with van der Waals surface area (Å²) in [6.45, 7) is 5.89. The van der Waals surface area contributed by atoms with E-state index < -0.39 is 0 Å². The van der Waals surface area contributed by atoms with E-state index in [0.717, 1.165) is 11.1 Å². The van der Waals surface area contributed by atoms with Crippen molar-refractivity contribution in [3.63, 3.8) is 0 Å². The Morgan fingerprint density at radius 3 is 2.50 bits per heavy atom. The highest BCUT2D eigenvalue weighted by molar-refractivity contribution is 6.03. The van der Waals surface area contributed by atoms with Gasteiger partial charge in [0.2, 0.25) is 0 Å². The summed E-state index contributed by atoms with van der Waals surface area (Å²) in [7, 11) is 0. The Kier molecular flexibility index (Phi) is 4.94. The fourth-order valence-corrected chi connectivity index (χ4v) is 2.11. The molecule has 0 aliphatic carbocycles. The predicted molar refractivity (Wildman–Crippen MR) is 88.3 cm³/mol. The van der Waals surface area contributed by atoms with E-state index in [2.05, 4.69) is 10.5 Å². The molecular formula is C18H20N2O2. The lowest BCUT2D eigenvalue weighted by atomic mass is 10.1. The molecule has 4 nitrogen and oxygen atoms in total. The summed E-state index contributed by atoms with van der Waals surface area (Å²) in [5, 5.41) is 14.0. The van der Waals surface area contributed by atoms with Gasteiger partial charge in [0.05, 0.1) is 5.71 Å². The number of hydrogen-bond donors (Lipinski definition) is 2. The maximum Gasteiger partial charge on any atom is 0.271 e. The van der Waals surface area contributed by atoms with Gasteiger partial charge in [0.1, 0.15) is 5.75 Å². The Labute approximate surface area is 130 Å². The number of para-hydroxylation sites is 1. The lowest BCUT2D eigenvalue weighted by Crippen LogP contribution is -2.20. The fourth-order valence-electron chi connectivity index (χ4n) is 2.11. The molecule has 0 fully saturated rings. The first-order valence-electron chi connectivity index (χ1n) is 7.25. The van der Waals surface area contributed by atoms with Crippen LogP contribution in [0.2, 0.25) is 0 Å². The minimum Gasteiger partial charge on any atom is -0.507 e. The number of benzene rings is 2. The SMILES string of the molecule is CCC(=NNC(=O)c1ccc(C)c(C)c1)c1ccccc1O. The second-order valence-corrected chi connectivity index (χ2v) is 5.17. The van der Waals surface area contributed by atoms with Crippen molar-refractivity contribution in [2.75, 3.05) is 0 Å². The van der Waals surface area contributed by atoms with Gasteiger partial charge in [0, 0.05) is 11.1 Å². The maximum atomic E-state index is 12.2. The average molecular weight is 296 g/mol. The molecule has 0 heterocycles. The van der Waals surface area contributed by atoms with Crippen LogP contribution < -0.4 is 5.43 Å². The zero-order chi connectivity index (χ0) is 16.1. The summed E-state index contributed by atoms with van der Waals surface area (Å²) < 4.78 is 0. The first-order chi connectivity index (χ1) is 10.5. The summed E-state index contributed by atoms with van der Waals surface area (Å²) >= 11 is 0. The second-order valence-electron chi connectivity index (χ2n) is 5.17. The molecule has 0 radical (unpaired) electrons. The van der Waals surface area contributed by atoms with E-state index in [1.165, 1.54) is 0 Å². The molecule has 2 aromatic rings. The highest BCUT2D eigenvalue weighted by Gasteiger charge is 2.09. The van der Waals surface area contributed by atoms with Crippen LogP contribution in [0.25, 0.3) is 0 Å². The van der Waals surface area contributed by atoms with E-state index in [1.54, 1.807) is 24.3 Å². The van der Waals surface area contributed by atoms with Gasteiger partial charge in [-0.15, -0.1) is 0 Å². The van der Waals surface area contributed by atoms with Gasteiger partial charge in [-0.25, -0.2) is 5.43 Å². The molecule has 22 heavy (non-hydrogen) atoms. The van der Waals surface area contributed by atoms with Gasteiger partial charge in [0.15, 0.2) is 0 Å². The largest absolute Gasteiger partial charge is 0.507 e. The number of amides is 1. The van der Waals surface area contributed by atoms with Crippen molar-refractivity contribution >= 4 is 11.6 Å². The van der Waals surface area contributed by atoms with Crippen molar-refractivity contribution in [2.24, 2.45) is 5.10 Å². The molecule has 0 spiro atoms. The minimum absolute atomic E-state index is 0.156. The van der Waals surface area contributed by atoms with Crippen LogP contribution in [0.1, 0.15) is 40.4 Å². The highest BCUT2D eigenvalue weighted by Crippen LogP contribution is 2.18. The van der Waals surface area contributed by atoms with Crippen LogP contribution in [-0.4, -0.2) is 16.7 Å². The number of nitrogens with zero attached hydrogens (tertiary/aromatic N) is 1. The van der Waals surface area contributed by atoms with Crippen molar-refractivity contribution < 1.29 is 9.90 Å². The van der Waals surface area contributed by atoms with Gasteiger partial charge in [-0.2, -0.15) is 5.10 Å². The molecule has 0 aliphatic rings. The Hall–Kier alpha value is -2.62. The third-order valence-corrected chi connectivity index (χ3v) is 3.61. The number of phenols is 1. The van der Waals surface area contributed by atoms with Gasteiger partial charge in [-0.05, 0) is 55.7 Å². The number of carbonyl (C=O) groups is 1. The Balaban J connectivity index is 2.20. The quantitative estimate of drug-likeness (QED) is 0.669. The number of hydrogen-bond acceptors (Lipinski definition) is 3. The van der Waals surface area contributed by atoms with Gasteiger partial charge in [-0.1, -0.05) is 25.1 Å². The van der Waals surface area contributed by atoms with Crippen LogP contribution in [0.4, 0.5) is 0 Å². The smallest absolute Gasteiger partial charge is 0.271 e. The van der Waals surface area contributed by atoms with Crippen LogP contribution in [0.3, 0.4) is 0 Å². The Bertz CT molecular complexity index is 721. The molecule has 0 aliphatic heterocycles. The van der Waals surface area contributed by atoms with E-state index in [-0.39, 0.29) is 11.7 Å². The number of rotatable bonds is 4. The van der Waals surface area contributed by atoms with Crippen molar-refractivity contribution in [3.8, 4) is 5.75 Å². The highest BCUT2D eigenvalue weighted by atomic mass is 16.3. The van der Waals surface area contributed by atoms with E-state index in [9.17, 15) is 9.90 Å². The summed E-state index contributed by atoms with van der Waals surface area (Å²) in [5.74, 6) is -0.104. The zero-order valence-corrected chi connectivity index (χ0v) is 13.1. The molecule has 0 bridgehead atoms. The van der Waals surface area contributed by atoms with Crippen molar-refractivity contribution in [2.45, 2.75) is 27.2 Å². The molecular weight excluding hydrogens is 276 g/mol. The molecule has 0 saturated heterocycles. The topological polar surface area (TPSA) is 61.7 Å². The van der Waals surface area contributed by atoms with E-state index in [1.807, 2.05) is 39.0 Å². The van der Waals surface area contributed by atoms with E-state index in [4.69, 9.17) is 0 Å². The minimum atomic E-state index is -0.260. The summed E-state index contributed by atoms with van der Waals surface area (Å²) in [6, 6.07) is 12.5. The van der Waals surface area contributed by atoms with Crippen LogP contribution in [-0.2, 0) is 0 Å². The molecule has 2 N–H and O–H groups in total. The van der Waals surface area contributed by atoms with Gasteiger partial charge >= 0.3 is 0 Å². The number of nitrogens with one attached hydrogen (secondary N) is 1. The Morgan fingerprint density at radius 1 is 1.14 bits per heavy atom. The second kappa shape index (κ2) is 6.89. The molecule has 0 atom stereocenters. The van der Waals surface area contributed by atoms with Crippen molar-refractivity contribution in [1.82, 2.24) is 5.43 Å². The van der Waals surface area contributed by atoms with Crippen molar-refractivity contribution in [3.05, 3.63) is 64.7 Å². The van der Waals surface area contributed by atoms with Crippen LogP contribution in [0, 0.1) is 13.8 Å². The number of carbonyl (C=O) groups excluding carboxylic acids is 1. The number of phenolic OH excluding ortho intramolecular Hbond substituents is 1. The van der Waals surface area contributed by atoms with Crippen LogP contribution in [0.5, 0.6) is 5.75 Å².